The summed E-state index contributed by atoms with van der Waals surface area (Å²) in [6, 6.07) is 18.5. The molecule has 0 aromatic heterocycles. The molecule has 150 valence electrons. The Morgan fingerprint density at radius 1 is 0.966 bits per heavy atom. The Morgan fingerprint density at radius 3 is 2.45 bits per heavy atom. The van der Waals surface area contributed by atoms with Gasteiger partial charge in [0, 0.05) is 18.0 Å². The van der Waals surface area contributed by atoms with Gasteiger partial charge in [-0.2, -0.15) is 0 Å². The number of nitrogens with zero attached hydrogens (tertiary/aromatic N) is 1. The van der Waals surface area contributed by atoms with Gasteiger partial charge in [0.2, 0.25) is 0 Å². The van der Waals surface area contributed by atoms with E-state index in [9.17, 15) is 9.59 Å². The minimum Gasteiger partial charge on any atom is -0.497 e. The Bertz CT molecular complexity index is 1030. The summed E-state index contributed by atoms with van der Waals surface area (Å²) in [4.78, 5) is 26.6. The monoisotopic (exact) mass is 393 g/mol. The van der Waals surface area contributed by atoms with E-state index in [0.29, 0.717) is 12.3 Å². The fraction of sp³-hybridized carbons (Fsp3) is 0.217. The van der Waals surface area contributed by atoms with Crippen molar-refractivity contribution in [3.63, 3.8) is 0 Å². The number of hydrogen-bond acceptors (Lipinski definition) is 5. The van der Waals surface area contributed by atoms with Crippen molar-refractivity contribution in [3.8, 4) is 11.5 Å². The first-order valence-corrected chi connectivity index (χ1v) is 9.26. The van der Waals surface area contributed by atoms with E-state index in [0.717, 1.165) is 16.5 Å². The molecule has 0 aliphatic heterocycles. The third-order valence-electron chi connectivity index (χ3n) is 4.62. The van der Waals surface area contributed by atoms with E-state index in [1.54, 1.807) is 23.1 Å². The molecule has 0 atom stereocenters. The van der Waals surface area contributed by atoms with Crippen molar-refractivity contribution in [1.82, 2.24) is 0 Å². The van der Waals surface area contributed by atoms with Gasteiger partial charge in [0.05, 0.1) is 19.9 Å². The molecule has 1 amide bonds. The molecular weight excluding hydrogens is 370 g/mol. The van der Waals surface area contributed by atoms with Crippen LogP contribution in [-0.4, -0.2) is 39.2 Å². The molecule has 0 unspecified atom stereocenters. The van der Waals surface area contributed by atoms with Crippen LogP contribution in [-0.2, 0) is 9.53 Å². The van der Waals surface area contributed by atoms with Crippen LogP contribution in [0.5, 0.6) is 11.5 Å². The molecule has 0 aliphatic rings. The Morgan fingerprint density at radius 2 is 1.72 bits per heavy atom. The van der Waals surface area contributed by atoms with Crippen LogP contribution >= 0.6 is 0 Å². The topological polar surface area (TPSA) is 65.1 Å². The smallest absolute Gasteiger partial charge is 0.341 e. The summed E-state index contributed by atoms with van der Waals surface area (Å²) in [7, 11) is 2.81. The van der Waals surface area contributed by atoms with Crippen molar-refractivity contribution in [2.75, 3.05) is 32.3 Å². The first-order chi connectivity index (χ1) is 14.1. The normalized spacial score (nSPS) is 10.4. The molecule has 0 bridgehead atoms. The number of fused-ring (bicyclic) bond motifs is 1. The number of amides is 1. The van der Waals surface area contributed by atoms with Gasteiger partial charge in [-0.3, -0.25) is 4.79 Å². The minimum atomic E-state index is -0.545. The molecule has 3 aromatic carbocycles. The SMILES string of the molecule is CCN(C(=O)COc1cc(OC)ccc1C(=O)OC)c1cccc2ccccc12. The predicted octanol–water partition coefficient (Wildman–Crippen LogP) is 4.07. The summed E-state index contributed by atoms with van der Waals surface area (Å²) >= 11 is 0. The molecule has 6 nitrogen and oxygen atoms in total. The van der Waals surface area contributed by atoms with Crippen molar-refractivity contribution in [3.05, 3.63) is 66.2 Å². The highest BCUT2D eigenvalue weighted by atomic mass is 16.5. The Balaban J connectivity index is 1.85. The van der Waals surface area contributed by atoms with Crippen molar-refractivity contribution in [2.24, 2.45) is 0 Å². The number of likely N-dealkylation sites (N-methyl/N-ethyl adjacent to an activating group) is 1. The number of hydrogen-bond donors (Lipinski definition) is 0. The van der Waals surface area contributed by atoms with Gasteiger partial charge < -0.3 is 19.1 Å². The number of rotatable bonds is 7. The second kappa shape index (κ2) is 9.10. The van der Waals surface area contributed by atoms with E-state index in [1.165, 1.54) is 14.2 Å². The number of methoxy groups -OCH3 is 2. The highest BCUT2D eigenvalue weighted by Gasteiger charge is 2.19. The standard InChI is InChI=1S/C23H23NO5/c1-4-24(20-11-7-9-16-8-5-6-10-18(16)20)22(25)15-29-21-14-17(27-2)12-13-19(21)23(26)28-3/h5-14H,4,15H2,1-3H3. The fourth-order valence-corrected chi connectivity index (χ4v) is 3.17. The maximum Gasteiger partial charge on any atom is 0.341 e. The lowest BCUT2D eigenvalue weighted by Gasteiger charge is -2.23. The number of benzene rings is 3. The second-order valence-corrected chi connectivity index (χ2v) is 6.28. The third kappa shape index (κ3) is 4.32. The fourth-order valence-electron chi connectivity index (χ4n) is 3.17. The lowest BCUT2D eigenvalue weighted by atomic mass is 10.1. The van der Waals surface area contributed by atoms with Gasteiger partial charge in [-0.15, -0.1) is 0 Å². The summed E-state index contributed by atoms with van der Waals surface area (Å²) in [5, 5.41) is 2.04. The first kappa shape index (κ1) is 20.2. The van der Waals surface area contributed by atoms with Gasteiger partial charge in [0.15, 0.2) is 6.61 Å². The van der Waals surface area contributed by atoms with Crippen LogP contribution in [0.3, 0.4) is 0 Å². The van der Waals surface area contributed by atoms with Crippen LogP contribution < -0.4 is 14.4 Å². The molecule has 0 heterocycles. The van der Waals surface area contributed by atoms with Crippen molar-refractivity contribution in [2.45, 2.75) is 6.92 Å². The van der Waals surface area contributed by atoms with Crippen molar-refractivity contribution in [1.29, 1.82) is 0 Å². The molecule has 0 saturated heterocycles. The quantitative estimate of drug-likeness (QED) is 0.566. The molecular formula is C23H23NO5. The van der Waals surface area contributed by atoms with Gasteiger partial charge in [-0.1, -0.05) is 36.4 Å². The molecule has 0 saturated carbocycles. The lowest BCUT2D eigenvalue weighted by Crippen LogP contribution is -2.35. The van der Waals surface area contributed by atoms with Crippen LogP contribution in [0.4, 0.5) is 5.69 Å². The van der Waals surface area contributed by atoms with Crippen LogP contribution in [0.2, 0.25) is 0 Å². The van der Waals surface area contributed by atoms with Gasteiger partial charge >= 0.3 is 5.97 Å². The van der Waals surface area contributed by atoms with E-state index >= 15 is 0 Å². The van der Waals surface area contributed by atoms with Crippen molar-refractivity contribution < 1.29 is 23.8 Å². The molecule has 3 aromatic rings. The van der Waals surface area contributed by atoms with Crippen LogP contribution in [0.15, 0.2) is 60.7 Å². The molecule has 0 fully saturated rings. The largest absolute Gasteiger partial charge is 0.497 e. The number of carbonyl (C=O) groups excluding carboxylic acids is 2. The highest BCUT2D eigenvalue weighted by molar-refractivity contribution is 6.04. The molecule has 3 rings (SSSR count). The van der Waals surface area contributed by atoms with E-state index in [-0.39, 0.29) is 23.8 Å². The van der Waals surface area contributed by atoms with Gasteiger partial charge in [-0.05, 0) is 30.5 Å². The summed E-state index contributed by atoms with van der Waals surface area (Å²) in [5.41, 5.74) is 1.05. The number of anilines is 1. The molecule has 0 spiro atoms. The van der Waals surface area contributed by atoms with Crippen molar-refractivity contribution >= 4 is 28.3 Å². The highest BCUT2D eigenvalue weighted by Crippen LogP contribution is 2.28. The summed E-state index contributed by atoms with van der Waals surface area (Å²) in [6.45, 7) is 2.16. The van der Waals surface area contributed by atoms with Gasteiger partial charge in [0.25, 0.3) is 5.91 Å². The van der Waals surface area contributed by atoms with E-state index in [4.69, 9.17) is 14.2 Å². The number of carbonyl (C=O) groups is 2. The Hall–Kier alpha value is -3.54. The number of esters is 1. The van der Waals surface area contributed by atoms with E-state index in [2.05, 4.69) is 0 Å². The zero-order valence-corrected chi connectivity index (χ0v) is 16.7. The second-order valence-electron chi connectivity index (χ2n) is 6.28. The molecule has 0 N–H and O–H groups in total. The maximum absolute atomic E-state index is 13.0. The maximum atomic E-state index is 13.0. The summed E-state index contributed by atoms with van der Waals surface area (Å²) in [6.07, 6.45) is 0. The number of ether oxygens (including phenoxy) is 3. The van der Waals surface area contributed by atoms with Gasteiger partial charge in [-0.25, -0.2) is 4.79 Å². The average molecular weight is 393 g/mol. The van der Waals surface area contributed by atoms with E-state index < -0.39 is 5.97 Å². The third-order valence-corrected chi connectivity index (χ3v) is 4.62. The zero-order chi connectivity index (χ0) is 20.8. The lowest BCUT2D eigenvalue weighted by molar-refractivity contribution is -0.120. The summed E-state index contributed by atoms with van der Waals surface area (Å²) < 4.78 is 15.7. The first-order valence-electron chi connectivity index (χ1n) is 9.26. The average Bonchev–Trinajstić information content (AvgIpc) is 2.77. The Labute approximate surface area is 169 Å². The molecule has 29 heavy (non-hydrogen) atoms. The van der Waals surface area contributed by atoms with Crippen LogP contribution in [0.1, 0.15) is 17.3 Å². The molecule has 0 radical (unpaired) electrons. The van der Waals surface area contributed by atoms with E-state index in [1.807, 2.05) is 49.4 Å². The molecule has 0 aliphatic carbocycles. The minimum absolute atomic E-state index is 0.220. The Kier molecular flexibility index (Phi) is 6.34. The van der Waals surface area contributed by atoms with Gasteiger partial charge in [0.1, 0.15) is 17.1 Å². The summed E-state index contributed by atoms with van der Waals surface area (Å²) in [5.74, 6) is -0.0148. The zero-order valence-electron chi connectivity index (χ0n) is 16.7. The predicted molar refractivity (Wildman–Crippen MR) is 112 cm³/mol. The molecule has 6 heteroatoms. The van der Waals surface area contributed by atoms with Crippen LogP contribution in [0.25, 0.3) is 10.8 Å². The van der Waals surface area contributed by atoms with Crippen LogP contribution in [0, 0.1) is 0 Å².